The van der Waals surface area contributed by atoms with Crippen LogP contribution in [0.25, 0.3) is 11.3 Å². The Kier molecular flexibility index (Phi) is 7.01. The Morgan fingerprint density at radius 1 is 1.00 bits per heavy atom. The third-order valence-electron chi connectivity index (χ3n) is 7.99. The lowest BCUT2D eigenvalue weighted by atomic mass is 10.0. The van der Waals surface area contributed by atoms with Gasteiger partial charge in [-0.2, -0.15) is 4.98 Å². The predicted molar refractivity (Wildman–Crippen MR) is 150 cm³/mol. The summed E-state index contributed by atoms with van der Waals surface area (Å²) in [5, 5.41) is 0. The minimum Gasteiger partial charge on any atom is -0.378 e. The van der Waals surface area contributed by atoms with E-state index in [-0.39, 0.29) is 11.9 Å². The minimum atomic E-state index is 0.0981. The van der Waals surface area contributed by atoms with Crippen LogP contribution in [-0.4, -0.2) is 101 Å². The molecule has 1 aromatic carbocycles. The van der Waals surface area contributed by atoms with E-state index in [9.17, 15) is 4.79 Å². The van der Waals surface area contributed by atoms with Crippen molar-refractivity contribution in [2.45, 2.75) is 20.3 Å². The zero-order valence-electron chi connectivity index (χ0n) is 22.6. The number of anilines is 4. The van der Waals surface area contributed by atoms with Crippen LogP contribution < -0.4 is 15.5 Å². The molecule has 3 aliphatic heterocycles. The molecule has 0 unspecified atom stereocenters. The van der Waals surface area contributed by atoms with E-state index in [0.717, 1.165) is 98.2 Å². The molecule has 2 N–H and O–H groups in total. The summed E-state index contributed by atoms with van der Waals surface area (Å²) in [5.74, 6) is 1.85. The van der Waals surface area contributed by atoms with Crippen molar-refractivity contribution in [2.75, 3.05) is 81.1 Å². The molecule has 0 saturated carbocycles. The number of fused-ring (bicyclic) bond motifs is 1. The van der Waals surface area contributed by atoms with Crippen LogP contribution in [0.4, 0.5) is 23.4 Å². The van der Waals surface area contributed by atoms with Crippen molar-refractivity contribution in [3.63, 3.8) is 0 Å². The van der Waals surface area contributed by atoms with Gasteiger partial charge in [0.2, 0.25) is 11.9 Å². The summed E-state index contributed by atoms with van der Waals surface area (Å²) in [5.41, 5.74) is 11.2. The normalized spacial score (nSPS) is 17.9. The highest BCUT2D eigenvalue weighted by molar-refractivity contribution is 5.97. The molecular formula is C28H35N9O2. The third kappa shape index (κ3) is 4.87. The van der Waals surface area contributed by atoms with Crippen LogP contribution in [0.2, 0.25) is 0 Å². The fraction of sp³-hybridized carbons (Fsp3) is 0.464. The number of benzene rings is 1. The highest BCUT2D eigenvalue weighted by Crippen LogP contribution is 2.40. The number of morpholine rings is 1. The molecule has 11 nitrogen and oxygen atoms in total. The third-order valence-corrected chi connectivity index (χ3v) is 7.99. The van der Waals surface area contributed by atoms with Gasteiger partial charge in [0.15, 0.2) is 0 Å². The van der Waals surface area contributed by atoms with Crippen LogP contribution in [0, 0.1) is 6.92 Å². The van der Waals surface area contributed by atoms with E-state index in [1.54, 1.807) is 12.4 Å². The van der Waals surface area contributed by atoms with Gasteiger partial charge in [0.1, 0.15) is 5.82 Å². The summed E-state index contributed by atoms with van der Waals surface area (Å²) >= 11 is 0. The summed E-state index contributed by atoms with van der Waals surface area (Å²) < 4.78 is 5.57. The van der Waals surface area contributed by atoms with E-state index < -0.39 is 0 Å². The van der Waals surface area contributed by atoms with Crippen molar-refractivity contribution in [3.05, 3.63) is 47.3 Å². The lowest BCUT2D eigenvalue weighted by Crippen LogP contribution is -2.48. The molecule has 11 heteroatoms. The average Bonchev–Trinajstić information content (AvgIpc) is 3.41. The Morgan fingerprint density at radius 2 is 1.74 bits per heavy atom. The number of nitrogen functional groups attached to an aromatic ring is 1. The van der Waals surface area contributed by atoms with Crippen molar-refractivity contribution in [3.8, 4) is 11.3 Å². The second-order valence-corrected chi connectivity index (χ2v) is 10.2. The lowest BCUT2D eigenvalue weighted by Gasteiger charge is -2.34. The fourth-order valence-electron chi connectivity index (χ4n) is 5.67. The quantitative estimate of drug-likeness (QED) is 0.527. The molecule has 0 spiro atoms. The molecule has 5 heterocycles. The Morgan fingerprint density at radius 3 is 2.46 bits per heavy atom. The molecule has 6 rings (SSSR count). The molecule has 2 saturated heterocycles. The first-order chi connectivity index (χ1) is 19.0. The van der Waals surface area contributed by atoms with Gasteiger partial charge in [0.25, 0.3) is 5.91 Å². The van der Waals surface area contributed by atoms with Crippen molar-refractivity contribution in [2.24, 2.45) is 0 Å². The van der Waals surface area contributed by atoms with Crippen LogP contribution >= 0.6 is 0 Å². The summed E-state index contributed by atoms with van der Waals surface area (Å²) in [6, 6.07) is 6.01. The number of hydrogen-bond acceptors (Lipinski definition) is 10. The maximum Gasteiger partial charge on any atom is 0.254 e. The van der Waals surface area contributed by atoms with Gasteiger partial charge in [-0.3, -0.25) is 4.79 Å². The summed E-state index contributed by atoms with van der Waals surface area (Å²) in [6.45, 7) is 12.0. The van der Waals surface area contributed by atoms with Crippen LogP contribution in [0.3, 0.4) is 0 Å². The van der Waals surface area contributed by atoms with Gasteiger partial charge < -0.3 is 30.1 Å². The number of carbonyl (C=O) groups is 1. The molecule has 204 valence electrons. The van der Waals surface area contributed by atoms with Crippen LogP contribution in [0.1, 0.15) is 28.4 Å². The molecule has 0 bridgehead atoms. The van der Waals surface area contributed by atoms with Gasteiger partial charge in [0.05, 0.1) is 18.9 Å². The Bertz CT molecular complexity index is 1350. The monoisotopic (exact) mass is 529 g/mol. The SMILES string of the molecule is CCN1CCN(C(=O)c2cccc(N3CCc4c(-c5cnc(N)nc5)nc(N5CCOCC5)nc43)c2C)CC1. The maximum absolute atomic E-state index is 13.6. The van der Waals surface area contributed by atoms with Crippen LogP contribution in [0.5, 0.6) is 0 Å². The number of aromatic nitrogens is 4. The molecule has 0 aliphatic carbocycles. The first-order valence-corrected chi connectivity index (χ1v) is 13.7. The topological polar surface area (TPSA) is 117 Å². The number of amides is 1. The van der Waals surface area contributed by atoms with Crippen molar-refractivity contribution >= 4 is 29.3 Å². The standard InChI is InChI=1S/C28H35N9O2/c1-3-34-9-11-35(12-10-34)26(38)21-5-4-6-23(19(21)2)37-8-7-22-24(20-17-30-27(29)31-18-20)32-28(33-25(22)37)36-13-15-39-16-14-36/h4-6,17-18H,3,7-16H2,1-2H3,(H2,29,30,31). The number of hydrogen-bond donors (Lipinski definition) is 1. The first kappa shape index (κ1) is 25.4. The van der Waals surface area contributed by atoms with Gasteiger partial charge in [0, 0.05) is 80.6 Å². The van der Waals surface area contributed by atoms with Crippen molar-refractivity contribution < 1.29 is 9.53 Å². The van der Waals surface area contributed by atoms with Crippen molar-refractivity contribution in [1.29, 1.82) is 0 Å². The number of piperazine rings is 1. The van der Waals surface area contributed by atoms with Gasteiger partial charge >= 0.3 is 0 Å². The largest absolute Gasteiger partial charge is 0.378 e. The molecule has 3 aliphatic rings. The summed E-state index contributed by atoms with van der Waals surface area (Å²) in [7, 11) is 0. The number of carbonyl (C=O) groups excluding carboxylic acids is 1. The van der Waals surface area contributed by atoms with Crippen LogP contribution in [0.15, 0.2) is 30.6 Å². The highest BCUT2D eigenvalue weighted by atomic mass is 16.5. The number of rotatable bonds is 5. The molecular weight excluding hydrogens is 494 g/mol. The number of nitrogens with zero attached hydrogens (tertiary/aromatic N) is 8. The predicted octanol–water partition coefficient (Wildman–Crippen LogP) is 2.13. The second kappa shape index (κ2) is 10.7. The molecule has 39 heavy (non-hydrogen) atoms. The van der Waals surface area contributed by atoms with Gasteiger partial charge in [-0.25, -0.2) is 15.0 Å². The smallest absolute Gasteiger partial charge is 0.254 e. The van der Waals surface area contributed by atoms with Gasteiger partial charge in [-0.05, 0) is 37.6 Å². The van der Waals surface area contributed by atoms with E-state index in [2.05, 4.69) is 37.7 Å². The summed E-state index contributed by atoms with van der Waals surface area (Å²) in [4.78, 5) is 40.8. The van der Waals surface area contributed by atoms with E-state index in [4.69, 9.17) is 20.4 Å². The van der Waals surface area contributed by atoms with Gasteiger partial charge in [-0.1, -0.05) is 13.0 Å². The Balaban J connectivity index is 1.38. The van der Waals surface area contributed by atoms with Crippen molar-refractivity contribution in [1.82, 2.24) is 29.7 Å². The zero-order valence-corrected chi connectivity index (χ0v) is 22.6. The highest BCUT2D eigenvalue weighted by Gasteiger charge is 2.31. The second-order valence-electron chi connectivity index (χ2n) is 10.2. The fourth-order valence-corrected chi connectivity index (χ4v) is 5.67. The molecule has 0 radical (unpaired) electrons. The lowest BCUT2D eigenvalue weighted by molar-refractivity contribution is 0.0642. The van der Waals surface area contributed by atoms with E-state index in [0.29, 0.717) is 19.2 Å². The van der Waals surface area contributed by atoms with Gasteiger partial charge in [-0.15, -0.1) is 0 Å². The first-order valence-electron chi connectivity index (χ1n) is 13.7. The molecule has 1 amide bonds. The molecule has 0 atom stereocenters. The molecule has 2 aromatic heterocycles. The molecule has 3 aromatic rings. The Labute approximate surface area is 228 Å². The number of ether oxygens (including phenoxy) is 1. The molecule has 2 fully saturated rings. The summed E-state index contributed by atoms with van der Waals surface area (Å²) in [6.07, 6.45) is 4.22. The minimum absolute atomic E-state index is 0.0981. The zero-order chi connectivity index (χ0) is 26.9. The van der Waals surface area contributed by atoms with Crippen LogP contribution in [-0.2, 0) is 11.2 Å². The van der Waals surface area contributed by atoms with E-state index in [1.165, 1.54) is 0 Å². The average molecular weight is 530 g/mol. The van der Waals surface area contributed by atoms with E-state index in [1.807, 2.05) is 24.0 Å². The Hall–Kier alpha value is -3.83. The number of likely N-dealkylation sites (N-methyl/N-ethyl adjacent to an activating group) is 1. The van der Waals surface area contributed by atoms with E-state index >= 15 is 0 Å². The maximum atomic E-state index is 13.6. The number of nitrogens with two attached hydrogens (primary N) is 1.